The normalized spacial score (nSPS) is 10.7. The Morgan fingerprint density at radius 3 is 2.71 bits per heavy atom. The van der Waals surface area contributed by atoms with Gasteiger partial charge in [-0.25, -0.2) is 4.79 Å². The Balaban J connectivity index is 2.54. The molecule has 0 bridgehead atoms. The van der Waals surface area contributed by atoms with Gasteiger partial charge in [0.05, 0.1) is 12.2 Å². The van der Waals surface area contributed by atoms with E-state index in [0.29, 0.717) is 29.6 Å². The molecule has 2 N–H and O–H groups in total. The highest BCUT2D eigenvalue weighted by atomic mass is 32.1. The number of carbonyl (C=O) groups is 2. The maximum Gasteiger partial charge on any atom is 0.341 e. The van der Waals surface area contributed by atoms with Gasteiger partial charge in [0.2, 0.25) is 5.91 Å². The SMILES string of the molecule is CCOC(=O)c1cc(C)sc1NC(=O)CCCNC(C)C. The number of esters is 1. The summed E-state index contributed by atoms with van der Waals surface area (Å²) in [5.74, 6) is -0.466. The van der Waals surface area contributed by atoms with Crippen LogP contribution in [0, 0.1) is 6.92 Å². The molecule has 118 valence electrons. The number of amides is 1. The molecule has 0 aliphatic rings. The zero-order valence-electron chi connectivity index (χ0n) is 13.1. The number of anilines is 1. The van der Waals surface area contributed by atoms with Crippen LogP contribution < -0.4 is 10.6 Å². The minimum atomic E-state index is -0.390. The molecule has 5 nitrogen and oxygen atoms in total. The summed E-state index contributed by atoms with van der Waals surface area (Å²) >= 11 is 1.39. The van der Waals surface area contributed by atoms with E-state index >= 15 is 0 Å². The number of carbonyl (C=O) groups excluding carboxylic acids is 2. The Labute approximate surface area is 130 Å². The Morgan fingerprint density at radius 2 is 2.10 bits per heavy atom. The molecule has 0 spiro atoms. The quantitative estimate of drug-likeness (QED) is 0.572. The fraction of sp³-hybridized carbons (Fsp3) is 0.600. The van der Waals surface area contributed by atoms with E-state index in [9.17, 15) is 9.59 Å². The predicted octanol–water partition coefficient (Wildman–Crippen LogP) is 2.95. The van der Waals surface area contributed by atoms with E-state index in [1.807, 2.05) is 6.92 Å². The first kappa shape index (κ1) is 17.7. The number of hydrogen-bond acceptors (Lipinski definition) is 5. The van der Waals surface area contributed by atoms with Crippen molar-refractivity contribution in [1.29, 1.82) is 0 Å². The smallest absolute Gasteiger partial charge is 0.341 e. The number of ether oxygens (including phenoxy) is 1. The molecule has 0 aliphatic carbocycles. The van der Waals surface area contributed by atoms with Crippen molar-refractivity contribution in [2.45, 2.75) is 46.6 Å². The molecule has 0 saturated heterocycles. The molecule has 0 fully saturated rings. The van der Waals surface area contributed by atoms with Crippen molar-refractivity contribution >= 4 is 28.2 Å². The summed E-state index contributed by atoms with van der Waals surface area (Å²) < 4.78 is 4.99. The highest BCUT2D eigenvalue weighted by Gasteiger charge is 2.17. The summed E-state index contributed by atoms with van der Waals surface area (Å²) in [4.78, 5) is 24.7. The van der Waals surface area contributed by atoms with Crippen LogP contribution in [0.2, 0.25) is 0 Å². The lowest BCUT2D eigenvalue weighted by atomic mass is 10.2. The van der Waals surface area contributed by atoms with Crippen LogP contribution in [0.4, 0.5) is 5.00 Å². The third-order valence-corrected chi connectivity index (χ3v) is 3.70. The zero-order chi connectivity index (χ0) is 15.8. The molecule has 1 heterocycles. The van der Waals surface area contributed by atoms with Crippen LogP contribution >= 0.6 is 11.3 Å². The van der Waals surface area contributed by atoms with Crippen LogP contribution in [0.5, 0.6) is 0 Å². The molecular formula is C15H24N2O3S. The Bertz CT molecular complexity index is 483. The molecule has 1 aromatic rings. The topological polar surface area (TPSA) is 67.4 Å². The minimum absolute atomic E-state index is 0.0760. The van der Waals surface area contributed by atoms with Gasteiger partial charge in [-0.15, -0.1) is 11.3 Å². The average Bonchev–Trinajstić information content (AvgIpc) is 2.75. The van der Waals surface area contributed by atoms with E-state index in [1.54, 1.807) is 13.0 Å². The summed E-state index contributed by atoms with van der Waals surface area (Å²) in [6.45, 7) is 8.92. The van der Waals surface area contributed by atoms with E-state index in [0.717, 1.165) is 17.8 Å². The van der Waals surface area contributed by atoms with Crippen molar-refractivity contribution < 1.29 is 14.3 Å². The van der Waals surface area contributed by atoms with Gasteiger partial charge in [0.15, 0.2) is 0 Å². The van der Waals surface area contributed by atoms with Gasteiger partial charge in [-0.2, -0.15) is 0 Å². The molecule has 0 saturated carbocycles. The summed E-state index contributed by atoms with van der Waals surface area (Å²) in [6.07, 6.45) is 1.20. The number of aryl methyl sites for hydroxylation is 1. The van der Waals surface area contributed by atoms with Gasteiger partial charge in [-0.05, 0) is 32.9 Å². The molecule has 0 radical (unpaired) electrons. The van der Waals surface area contributed by atoms with Crippen molar-refractivity contribution in [1.82, 2.24) is 5.32 Å². The lowest BCUT2D eigenvalue weighted by molar-refractivity contribution is -0.116. The fourth-order valence-corrected chi connectivity index (χ4v) is 2.71. The third kappa shape index (κ3) is 6.27. The first-order valence-corrected chi connectivity index (χ1v) is 8.06. The lowest BCUT2D eigenvalue weighted by Crippen LogP contribution is -2.24. The number of hydrogen-bond donors (Lipinski definition) is 2. The van der Waals surface area contributed by atoms with Crippen LogP contribution in [-0.4, -0.2) is 31.1 Å². The Morgan fingerprint density at radius 1 is 1.38 bits per heavy atom. The first-order valence-electron chi connectivity index (χ1n) is 7.24. The number of rotatable bonds is 8. The van der Waals surface area contributed by atoms with Crippen LogP contribution in [-0.2, 0) is 9.53 Å². The summed E-state index contributed by atoms with van der Waals surface area (Å²) in [6, 6.07) is 2.17. The molecule has 1 rings (SSSR count). The van der Waals surface area contributed by atoms with Crippen molar-refractivity contribution in [3.05, 3.63) is 16.5 Å². The van der Waals surface area contributed by atoms with E-state index in [4.69, 9.17) is 4.74 Å². The van der Waals surface area contributed by atoms with Gasteiger partial charge in [0.25, 0.3) is 0 Å². The molecule has 1 aromatic heterocycles. The van der Waals surface area contributed by atoms with Gasteiger partial charge in [0.1, 0.15) is 5.00 Å². The first-order chi connectivity index (χ1) is 9.93. The van der Waals surface area contributed by atoms with Gasteiger partial charge >= 0.3 is 5.97 Å². The van der Waals surface area contributed by atoms with Crippen LogP contribution in [0.25, 0.3) is 0 Å². The van der Waals surface area contributed by atoms with Crippen LogP contribution in [0.15, 0.2) is 6.07 Å². The third-order valence-electron chi connectivity index (χ3n) is 2.74. The van der Waals surface area contributed by atoms with Crippen molar-refractivity contribution in [2.24, 2.45) is 0 Å². The van der Waals surface area contributed by atoms with Gasteiger partial charge in [0, 0.05) is 17.3 Å². The fourth-order valence-electron chi connectivity index (χ4n) is 1.80. The summed E-state index contributed by atoms with van der Waals surface area (Å²) in [7, 11) is 0. The number of thiophene rings is 1. The average molecular weight is 312 g/mol. The highest BCUT2D eigenvalue weighted by molar-refractivity contribution is 7.16. The van der Waals surface area contributed by atoms with E-state index in [1.165, 1.54) is 11.3 Å². The molecular weight excluding hydrogens is 288 g/mol. The largest absolute Gasteiger partial charge is 0.462 e. The van der Waals surface area contributed by atoms with Crippen molar-refractivity contribution in [3.8, 4) is 0 Å². The molecule has 0 aliphatic heterocycles. The van der Waals surface area contributed by atoms with E-state index < -0.39 is 5.97 Å². The summed E-state index contributed by atoms with van der Waals surface area (Å²) in [5, 5.41) is 6.65. The van der Waals surface area contributed by atoms with Crippen LogP contribution in [0.3, 0.4) is 0 Å². The Hall–Kier alpha value is -1.40. The van der Waals surface area contributed by atoms with E-state index in [2.05, 4.69) is 24.5 Å². The predicted molar refractivity (Wildman–Crippen MR) is 86.0 cm³/mol. The lowest BCUT2D eigenvalue weighted by Gasteiger charge is -2.08. The van der Waals surface area contributed by atoms with Crippen LogP contribution in [0.1, 0.15) is 48.8 Å². The van der Waals surface area contributed by atoms with Gasteiger partial charge < -0.3 is 15.4 Å². The van der Waals surface area contributed by atoms with Crippen molar-refractivity contribution in [3.63, 3.8) is 0 Å². The second-order valence-corrected chi connectivity index (χ2v) is 6.34. The second-order valence-electron chi connectivity index (χ2n) is 5.08. The van der Waals surface area contributed by atoms with Crippen molar-refractivity contribution in [2.75, 3.05) is 18.5 Å². The molecule has 1 amide bonds. The maximum absolute atomic E-state index is 11.9. The Kier molecular flexibility index (Phi) is 7.39. The molecule has 0 unspecified atom stereocenters. The summed E-state index contributed by atoms with van der Waals surface area (Å²) in [5.41, 5.74) is 0.438. The molecule has 0 atom stereocenters. The highest BCUT2D eigenvalue weighted by Crippen LogP contribution is 2.28. The monoisotopic (exact) mass is 312 g/mol. The molecule has 21 heavy (non-hydrogen) atoms. The maximum atomic E-state index is 11.9. The van der Waals surface area contributed by atoms with Gasteiger partial charge in [-0.1, -0.05) is 13.8 Å². The minimum Gasteiger partial charge on any atom is -0.462 e. The zero-order valence-corrected chi connectivity index (χ0v) is 13.9. The number of nitrogens with one attached hydrogen (secondary N) is 2. The van der Waals surface area contributed by atoms with Gasteiger partial charge in [-0.3, -0.25) is 4.79 Å². The standard InChI is InChI=1S/C15H24N2O3S/c1-5-20-15(19)12-9-11(4)21-14(12)17-13(18)7-6-8-16-10(2)3/h9-10,16H,5-8H2,1-4H3,(H,17,18). The second kappa shape index (κ2) is 8.79. The van der Waals surface area contributed by atoms with E-state index in [-0.39, 0.29) is 5.91 Å². The molecule has 6 heteroatoms. The molecule has 0 aromatic carbocycles.